The van der Waals surface area contributed by atoms with Crippen LogP contribution in [0.15, 0.2) is 48.1 Å². The topological polar surface area (TPSA) is 71.8 Å². The van der Waals surface area contributed by atoms with Gasteiger partial charge in [0.15, 0.2) is 0 Å². The molecule has 3 heterocycles. The molecule has 2 N–H and O–H groups in total. The highest BCUT2D eigenvalue weighted by molar-refractivity contribution is 7.10. The molecule has 0 unspecified atom stereocenters. The number of aromatic nitrogens is 3. The first-order valence-electron chi connectivity index (χ1n) is 7.89. The summed E-state index contributed by atoms with van der Waals surface area (Å²) < 4.78 is 1.79. The lowest BCUT2D eigenvalue weighted by molar-refractivity contribution is -0.121. The van der Waals surface area contributed by atoms with E-state index in [9.17, 15) is 4.79 Å². The Morgan fingerprint density at radius 2 is 2.12 bits per heavy atom. The molecule has 1 aliphatic rings. The van der Waals surface area contributed by atoms with E-state index >= 15 is 0 Å². The molecular weight excluding hydrogens is 358 g/mol. The lowest BCUT2D eigenvalue weighted by Crippen LogP contribution is -2.46. The number of hydrogen-bond donors (Lipinski definition) is 2. The molecule has 1 aliphatic heterocycles. The molecule has 1 aromatic carbocycles. The molecule has 0 saturated heterocycles. The average Bonchev–Trinajstić information content (AvgIpc) is 3.26. The van der Waals surface area contributed by atoms with Crippen molar-refractivity contribution in [3.8, 4) is 0 Å². The number of rotatable bonds is 3. The molecule has 0 fully saturated rings. The van der Waals surface area contributed by atoms with Crippen LogP contribution in [0.25, 0.3) is 0 Å². The number of carbonyl (C=O) groups is 1. The van der Waals surface area contributed by atoms with Crippen LogP contribution in [0.1, 0.15) is 17.8 Å². The third kappa shape index (κ3) is 3.01. The highest BCUT2D eigenvalue weighted by Crippen LogP contribution is 2.38. The summed E-state index contributed by atoms with van der Waals surface area (Å²) in [5, 5.41) is 13.2. The van der Waals surface area contributed by atoms with Gasteiger partial charge in [-0.25, -0.2) is 4.68 Å². The number of halogens is 1. The Morgan fingerprint density at radius 1 is 1.32 bits per heavy atom. The van der Waals surface area contributed by atoms with Gasteiger partial charge in [-0.1, -0.05) is 17.7 Å². The van der Waals surface area contributed by atoms with Crippen molar-refractivity contribution in [1.82, 2.24) is 14.8 Å². The number of nitrogens with zero attached hydrogens (tertiary/aromatic N) is 3. The molecule has 1 amide bonds. The van der Waals surface area contributed by atoms with Crippen LogP contribution in [0.5, 0.6) is 0 Å². The van der Waals surface area contributed by atoms with E-state index in [1.165, 1.54) is 6.33 Å². The van der Waals surface area contributed by atoms with E-state index in [0.717, 1.165) is 10.6 Å². The van der Waals surface area contributed by atoms with E-state index < -0.39 is 0 Å². The first kappa shape index (κ1) is 16.1. The van der Waals surface area contributed by atoms with E-state index in [4.69, 9.17) is 11.6 Å². The highest BCUT2D eigenvalue weighted by atomic mass is 35.5. The van der Waals surface area contributed by atoms with Crippen LogP contribution in [-0.4, -0.2) is 26.7 Å². The molecule has 0 radical (unpaired) electrons. The largest absolute Gasteiger partial charge is 0.351 e. The van der Waals surface area contributed by atoms with Gasteiger partial charge in [0.1, 0.15) is 12.4 Å². The molecule has 2 aromatic heterocycles. The Morgan fingerprint density at radius 3 is 2.84 bits per heavy atom. The Balaban J connectivity index is 1.68. The lowest BCUT2D eigenvalue weighted by Gasteiger charge is -2.36. The number of thiophene rings is 1. The van der Waals surface area contributed by atoms with Gasteiger partial charge in [-0.05, 0) is 42.6 Å². The predicted molar refractivity (Wildman–Crippen MR) is 99.1 cm³/mol. The number of amides is 1. The third-order valence-corrected chi connectivity index (χ3v) is 5.52. The maximum absolute atomic E-state index is 13.1. The van der Waals surface area contributed by atoms with Crippen LogP contribution in [0, 0.1) is 5.92 Å². The Kier molecular flexibility index (Phi) is 4.19. The zero-order chi connectivity index (χ0) is 17.4. The normalized spacial score (nSPS) is 22.1. The van der Waals surface area contributed by atoms with Crippen molar-refractivity contribution in [2.24, 2.45) is 5.92 Å². The van der Waals surface area contributed by atoms with Gasteiger partial charge in [-0.3, -0.25) is 4.79 Å². The van der Waals surface area contributed by atoms with Crippen LogP contribution >= 0.6 is 22.9 Å². The third-order valence-electron chi connectivity index (χ3n) is 4.32. The minimum absolute atomic E-state index is 0.0677. The number of nitrogens with one attached hydrogen (secondary N) is 2. The van der Waals surface area contributed by atoms with Crippen LogP contribution in [0.2, 0.25) is 5.02 Å². The van der Waals surface area contributed by atoms with Crippen molar-refractivity contribution in [2.75, 3.05) is 10.6 Å². The summed E-state index contributed by atoms with van der Waals surface area (Å²) in [6, 6.07) is 10.8. The van der Waals surface area contributed by atoms with Gasteiger partial charge in [-0.2, -0.15) is 10.1 Å². The summed E-state index contributed by atoms with van der Waals surface area (Å²) in [6.07, 6.45) is 1.51. The fourth-order valence-corrected chi connectivity index (χ4v) is 4.15. The smallest absolute Gasteiger partial charge is 0.232 e. The van der Waals surface area contributed by atoms with E-state index in [1.807, 2.05) is 24.4 Å². The lowest BCUT2D eigenvalue weighted by atomic mass is 9.89. The fraction of sp³-hybridized carbons (Fsp3) is 0.235. The van der Waals surface area contributed by atoms with Gasteiger partial charge in [0.25, 0.3) is 0 Å². The summed E-state index contributed by atoms with van der Waals surface area (Å²) >= 11 is 7.53. The SMILES string of the molecule is C[C@@H]1Nc2ncnn2[C@@H](c2cccs2)[C@@H]1C(=O)Nc1ccc(Cl)cc1. The quantitative estimate of drug-likeness (QED) is 0.735. The molecule has 128 valence electrons. The zero-order valence-corrected chi connectivity index (χ0v) is 15.0. The van der Waals surface area contributed by atoms with Gasteiger partial charge in [0.2, 0.25) is 11.9 Å². The maximum atomic E-state index is 13.1. The van der Waals surface area contributed by atoms with Crippen molar-refractivity contribution < 1.29 is 4.79 Å². The zero-order valence-electron chi connectivity index (χ0n) is 13.4. The molecular formula is C17H16ClN5OS. The summed E-state index contributed by atoms with van der Waals surface area (Å²) in [5.74, 6) is 0.284. The van der Waals surface area contributed by atoms with Crippen molar-refractivity contribution >= 4 is 40.5 Å². The minimum atomic E-state index is -0.330. The van der Waals surface area contributed by atoms with Crippen molar-refractivity contribution in [3.63, 3.8) is 0 Å². The Hall–Kier alpha value is -2.38. The number of hydrogen-bond acceptors (Lipinski definition) is 5. The van der Waals surface area contributed by atoms with Gasteiger partial charge in [0.05, 0.1) is 5.92 Å². The first-order chi connectivity index (χ1) is 12.1. The molecule has 0 spiro atoms. The average molecular weight is 374 g/mol. The van der Waals surface area contributed by atoms with E-state index in [2.05, 4.69) is 20.7 Å². The predicted octanol–water partition coefficient (Wildman–Crippen LogP) is 3.65. The Labute approximate surface area is 153 Å². The minimum Gasteiger partial charge on any atom is -0.351 e. The van der Waals surface area contributed by atoms with Crippen molar-refractivity contribution in [2.45, 2.75) is 19.0 Å². The second kappa shape index (κ2) is 6.50. The number of anilines is 2. The van der Waals surface area contributed by atoms with Crippen molar-refractivity contribution in [3.05, 3.63) is 58.0 Å². The summed E-state index contributed by atoms with van der Waals surface area (Å²) in [5.41, 5.74) is 0.718. The van der Waals surface area contributed by atoms with E-state index in [1.54, 1.807) is 40.3 Å². The van der Waals surface area contributed by atoms with Gasteiger partial charge >= 0.3 is 0 Å². The molecule has 0 bridgehead atoms. The standard InChI is InChI=1S/C17H16ClN5OS/c1-10-14(16(24)22-12-6-4-11(18)5-7-12)15(13-3-2-8-25-13)23-17(21-10)19-9-20-23/h2-10,14-15H,1H3,(H,22,24)(H,19,20,21)/t10-,14+,15-/m0/s1. The number of carbonyl (C=O) groups excluding carboxylic acids is 1. The molecule has 6 nitrogen and oxygen atoms in total. The summed E-state index contributed by atoms with van der Waals surface area (Å²) in [6.45, 7) is 1.99. The second-order valence-electron chi connectivity index (χ2n) is 5.94. The number of benzene rings is 1. The van der Waals surface area contributed by atoms with Gasteiger partial charge in [-0.15, -0.1) is 11.3 Å². The highest BCUT2D eigenvalue weighted by Gasteiger charge is 2.41. The van der Waals surface area contributed by atoms with Gasteiger partial charge < -0.3 is 10.6 Å². The molecule has 8 heteroatoms. The molecule has 3 aromatic rings. The van der Waals surface area contributed by atoms with Crippen LogP contribution in [0.3, 0.4) is 0 Å². The fourth-order valence-electron chi connectivity index (χ4n) is 3.16. The first-order valence-corrected chi connectivity index (χ1v) is 9.15. The molecule has 3 atom stereocenters. The molecule has 0 saturated carbocycles. The second-order valence-corrected chi connectivity index (χ2v) is 7.36. The molecule has 25 heavy (non-hydrogen) atoms. The van der Waals surface area contributed by atoms with Crippen LogP contribution in [0.4, 0.5) is 11.6 Å². The van der Waals surface area contributed by atoms with Crippen molar-refractivity contribution in [1.29, 1.82) is 0 Å². The van der Waals surface area contributed by atoms with Gasteiger partial charge in [0, 0.05) is 21.6 Å². The molecule has 0 aliphatic carbocycles. The van der Waals surface area contributed by atoms with E-state index in [0.29, 0.717) is 11.0 Å². The summed E-state index contributed by atoms with van der Waals surface area (Å²) in [7, 11) is 0. The van der Waals surface area contributed by atoms with Crippen LogP contribution in [-0.2, 0) is 4.79 Å². The Bertz CT molecular complexity index is 877. The van der Waals surface area contributed by atoms with Crippen LogP contribution < -0.4 is 10.6 Å². The van der Waals surface area contributed by atoms with E-state index in [-0.39, 0.29) is 23.9 Å². The summed E-state index contributed by atoms with van der Waals surface area (Å²) in [4.78, 5) is 18.4. The molecule has 4 rings (SSSR count). The monoisotopic (exact) mass is 373 g/mol. The maximum Gasteiger partial charge on any atom is 0.232 e. The number of fused-ring (bicyclic) bond motifs is 1.